The van der Waals surface area contributed by atoms with E-state index in [0.29, 0.717) is 23.7 Å². The van der Waals surface area contributed by atoms with E-state index in [9.17, 15) is 14.7 Å². The molecule has 1 aliphatic heterocycles. The van der Waals surface area contributed by atoms with E-state index in [1.807, 2.05) is 0 Å². The molecule has 1 N–H and O–H groups in total. The molecule has 0 radical (unpaired) electrons. The van der Waals surface area contributed by atoms with Crippen molar-refractivity contribution in [3.8, 4) is 0 Å². The average molecular weight is 363 g/mol. The molecule has 0 aliphatic carbocycles. The Morgan fingerprint density at radius 2 is 1.96 bits per heavy atom. The fourth-order valence-corrected chi connectivity index (χ4v) is 3.32. The van der Waals surface area contributed by atoms with Crippen LogP contribution in [-0.4, -0.2) is 56.2 Å². The molecule has 26 heavy (non-hydrogen) atoms. The van der Waals surface area contributed by atoms with E-state index >= 15 is 0 Å². The molecule has 1 fully saturated rings. The van der Waals surface area contributed by atoms with E-state index in [4.69, 9.17) is 4.74 Å². The molecule has 0 bridgehead atoms. The minimum absolute atomic E-state index is 0.122. The lowest BCUT2D eigenvalue weighted by Gasteiger charge is -2.20. The molecule has 9 nitrogen and oxygen atoms in total. The Labute approximate surface area is 150 Å². The van der Waals surface area contributed by atoms with Gasteiger partial charge in [-0.2, -0.15) is 4.98 Å². The third-order valence-corrected chi connectivity index (χ3v) is 4.66. The van der Waals surface area contributed by atoms with Crippen LogP contribution in [0.5, 0.6) is 0 Å². The zero-order chi connectivity index (χ0) is 18.8. The molecule has 1 atom stereocenters. The molecule has 0 spiro atoms. The fourth-order valence-electron chi connectivity index (χ4n) is 3.32. The topological polar surface area (TPSA) is 94.5 Å². The maximum Gasteiger partial charge on any atom is 0.332 e. The van der Waals surface area contributed by atoms with Crippen LogP contribution in [0.2, 0.25) is 0 Å². The number of rotatable bonds is 7. The first-order chi connectivity index (χ1) is 12.5. The van der Waals surface area contributed by atoms with Crippen LogP contribution in [-0.2, 0) is 25.4 Å². The van der Waals surface area contributed by atoms with Crippen LogP contribution >= 0.6 is 0 Å². The number of aromatic nitrogens is 4. The summed E-state index contributed by atoms with van der Waals surface area (Å²) in [5.41, 5.74) is -0.186. The lowest BCUT2D eigenvalue weighted by molar-refractivity contribution is 0.0404. The molecule has 0 amide bonds. The molecule has 9 heteroatoms. The van der Waals surface area contributed by atoms with Gasteiger partial charge >= 0.3 is 5.69 Å². The summed E-state index contributed by atoms with van der Waals surface area (Å²) in [4.78, 5) is 31.6. The summed E-state index contributed by atoms with van der Waals surface area (Å²) in [6.07, 6.45) is 2.90. The Hall–Kier alpha value is -2.39. The second-order valence-electron chi connectivity index (χ2n) is 6.57. The lowest BCUT2D eigenvalue weighted by Crippen LogP contribution is -2.38. The first-order valence-corrected chi connectivity index (χ1v) is 8.73. The molecule has 1 saturated heterocycles. The number of imidazole rings is 1. The maximum absolute atomic E-state index is 12.7. The van der Waals surface area contributed by atoms with Gasteiger partial charge in [0.2, 0.25) is 5.95 Å². The number of aliphatic hydroxyl groups is 1. The van der Waals surface area contributed by atoms with E-state index in [2.05, 4.69) is 16.5 Å². The molecule has 3 heterocycles. The average Bonchev–Trinajstić information content (AvgIpc) is 3.26. The summed E-state index contributed by atoms with van der Waals surface area (Å²) in [6, 6.07) is 0. The first kappa shape index (κ1) is 18.4. The van der Waals surface area contributed by atoms with E-state index < -0.39 is 17.4 Å². The van der Waals surface area contributed by atoms with E-state index in [0.717, 1.165) is 30.5 Å². The van der Waals surface area contributed by atoms with Crippen molar-refractivity contribution >= 4 is 17.1 Å². The minimum Gasteiger partial charge on any atom is -0.389 e. The van der Waals surface area contributed by atoms with Crippen molar-refractivity contribution in [3.05, 3.63) is 33.5 Å². The highest BCUT2D eigenvalue weighted by Crippen LogP contribution is 2.23. The third-order valence-electron chi connectivity index (χ3n) is 4.66. The summed E-state index contributed by atoms with van der Waals surface area (Å²) < 4.78 is 9.46. The smallest absolute Gasteiger partial charge is 0.332 e. The summed E-state index contributed by atoms with van der Waals surface area (Å²) >= 11 is 0. The molecular formula is C17H25N5O4. The van der Waals surface area contributed by atoms with Gasteiger partial charge in [0.25, 0.3) is 5.56 Å². The largest absolute Gasteiger partial charge is 0.389 e. The Morgan fingerprint density at radius 1 is 1.27 bits per heavy atom. The zero-order valence-corrected chi connectivity index (χ0v) is 15.2. The van der Waals surface area contributed by atoms with Crippen LogP contribution < -0.4 is 16.1 Å². The van der Waals surface area contributed by atoms with Gasteiger partial charge in [0.1, 0.15) is 0 Å². The van der Waals surface area contributed by atoms with Gasteiger partial charge in [-0.3, -0.25) is 13.9 Å². The fraction of sp³-hybridized carbons (Fsp3) is 0.588. The van der Waals surface area contributed by atoms with Crippen molar-refractivity contribution in [3.63, 3.8) is 0 Å². The minimum atomic E-state index is -0.810. The molecular weight excluding hydrogens is 338 g/mol. The summed E-state index contributed by atoms with van der Waals surface area (Å²) in [7, 11) is 3.04. The number of ether oxygens (including phenoxy) is 1. The van der Waals surface area contributed by atoms with Crippen LogP contribution in [0, 0.1) is 0 Å². The highest BCUT2D eigenvalue weighted by atomic mass is 16.5. The standard InChI is InChI=1S/C17H25N5O4/c1-4-9-26-11-12(23)10-22-13-14(18-16(22)21-7-5-6-8-21)19(2)17(25)20(3)15(13)24/h4,12,23H,1,5-11H2,2-3H3/t12-/m0/s1. The van der Waals surface area contributed by atoms with Gasteiger partial charge in [-0.1, -0.05) is 6.08 Å². The predicted octanol–water partition coefficient (Wildman–Crippen LogP) is -0.403. The van der Waals surface area contributed by atoms with Gasteiger partial charge < -0.3 is 19.3 Å². The number of aliphatic hydroxyl groups excluding tert-OH is 1. The van der Waals surface area contributed by atoms with Crippen LogP contribution in [0.1, 0.15) is 12.8 Å². The Morgan fingerprint density at radius 3 is 2.62 bits per heavy atom. The highest BCUT2D eigenvalue weighted by Gasteiger charge is 2.25. The number of anilines is 1. The van der Waals surface area contributed by atoms with Gasteiger partial charge in [0, 0.05) is 27.2 Å². The molecule has 2 aromatic heterocycles. The van der Waals surface area contributed by atoms with Crippen molar-refractivity contribution in [1.82, 2.24) is 18.7 Å². The number of fused-ring (bicyclic) bond motifs is 1. The Balaban J connectivity index is 2.11. The zero-order valence-electron chi connectivity index (χ0n) is 15.2. The summed E-state index contributed by atoms with van der Waals surface area (Å²) in [6.45, 7) is 5.87. The molecule has 1 aliphatic rings. The number of nitrogens with zero attached hydrogens (tertiary/aromatic N) is 5. The first-order valence-electron chi connectivity index (χ1n) is 8.73. The Kier molecular flexibility index (Phi) is 5.28. The third kappa shape index (κ3) is 3.19. The molecule has 0 saturated carbocycles. The molecule has 0 aromatic carbocycles. The normalized spacial score (nSPS) is 15.7. The van der Waals surface area contributed by atoms with Crippen LogP contribution in [0.3, 0.4) is 0 Å². The molecule has 3 rings (SSSR count). The summed E-state index contributed by atoms with van der Waals surface area (Å²) in [5, 5.41) is 10.4. The molecule has 2 aromatic rings. The molecule has 0 unspecified atom stereocenters. The van der Waals surface area contributed by atoms with Crippen molar-refractivity contribution in [2.24, 2.45) is 14.1 Å². The van der Waals surface area contributed by atoms with Crippen molar-refractivity contribution in [1.29, 1.82) is 0 Å². The van der Waals surface area contributed by atoms with Gasteiger partial charge in [0.05, 0.1) is 25.9 Å². The quantitative estimate of drug-likeness (QED) is 0.531. The predicted molar refractivity (Wildman–Crippen MR) is 98.7 cm³/mol. The number of hydrogen-bond donors (Lipinski definition) is 1. The second kappa shape index (κ2) is 7.46. The van der Waals surface area contributed by atoms with Gasteiger partial charge in [0.15, 0.2) is 11.2 Å². The Bertz CT molecular complexity index is 920. The van der Waals surface area contributed by atoms with Crippen LogP contribution in [0.25, 0.3) is 11.2 Å². The van der Waals surface area contributed by atoms with E-state index in [1.54, 1.807) is 17.7 Å². The van der Waals surface area contributed by atoms with Crippen molar-refractivity contribution in [2.45, 2.75) is 25.5 Å². The van der Waals surface area contributed by atoms with E-state index in [1.165, 1.54) is 11.6 Å². The van der Waals surface area contributed by atoms with E-state index in [-0.39, 0.29) is 13.2 Å². The van der Waals surface area contributed by atoms with Crippen LogP contribution in [0.15, 0.2) is 22.2 Å². The number of hydrogen-bond acceptors (Lipinski definition) is 6. The lowest BCUT2D eigenvalue weighted by atomic mass is 10.3. The monoisotopic (exact) mass is 363 g/mol. The maximum atomic E-state index is 12.7. The summed E-state index contributed by atoms with van der Waals surface area (Å²) in [5.74, 6) is 0.610. The van der Waals surface area contributed by atoms with Crippen LogP contribution in [0.4, 0.5) is 5.95 Å². The second-order valence-corrected chi connectivity index (χ2v) is 6.57. The van der Waals surface area contributed by atoms with Gasteiger partial charge in [-0.15, -0.1) is 6.58 Å². The highest BCUT2D eigenvalue weighted by molar-refractivity contribution is 5.74. The SMILES string of the molecule is C=CCOC[C@@H](O)Cn1c(N2CCCC2)nc2c1c(=O)n(C)c(=O)n2C. The van der Waals surface area contributed by atoms with Crippen molar-refractivity contribution < 1.29 is 9.84 Å². The number of aryl methyl sites for hydroxylation is 1. The van der Waals surface area contributed by atoms with Crippen molar-refractivity contribution in [2.75, 3.05) is 31.2 Å². The van der Waals surface area contributed by atoms with Gasteiger partial charge in [-0.05, 0) is 12.8 Å². The molecule has 142 valence electrons. The van der Waals surface area contributed by atoms with Gasteiger partial charge in [-0.25, -0.2) is 4.79 Å².